The molecular formula is C22H17N3O2. The van der Waals surface area contributed by atoms with E-state index in [2.05, 4.69) is 9.97 Å². The number of rotatable bonds is 4. The van der Waals surface area contributed by atoms with Gasteiger partial charge in [0.05, 0.1) is 16.8 Å². The van der Waals surface area contributed by atoms with Crippen LogP contribution >= 0.6 is 0 Å². The maximum absolute atomic E-state index is 11.2. The van der Waals surface area contributed by atoms with Crippen LogP contribution in [0.25, 0.3) is 10.9 Å². The SMILES string of the molecule is Cc1ccccc1N(c1ccc(C(=O)O)cc1)c1ncnc2ccccc12. The lowest BCUT2D eigenvalue weighted by molar-refractivity contribution is 0.0697. The summed E-state index contributed by atoms with van der Waals surface area (Å²) in [5.41, 5.74) is 3.99. The lowest BCUT2D eigenvalue weighted by Crippen LogP contribution is -2.14. The number of aryl methyl sites for hydroxylation is 1. The van der Waals surface area contributed by atoms with E-state index >= 15 is 0 Å². The topological polar surface area (TPSA) is 66.3 Å². The Morgan fingerprint density at radius 1 is 0.889 bits per heavy atom. The molecule has 4 rings (SSSR count). The second kappa shape index (κ2) is 6.88. The predicted octanol–water partition coefficient (Wildman–Crippen LogP) is 5.11. The van der Waals surface area contributed by atoms with Crippen molar-refractivity contribution in [3.05, 3.63) is 90.3 Å². The van der Waals surface area contributed by atoms with Gasteiger partial charge in [0.25, 0.3) is 0 Å². The van der Waals surface area contributed by atoms with E-state index in [0.29, 0.717) is 0 Å². The van der Waals surface area contributed by atoms with Gasteiger partial charge in [-0.1, -0.05) is 30.3 Å². The molecule has 0 saturated heterocycles. The first kappa shape index (κ1) is 16.7. The lowest BCUT2D eigenvalue weighted by Gasteiger charge is -2.26. The van der Waals surface area contributed by atoms with Crippen LogP contribution < -0.4 is 4.90 Å². The van der Waals surface area contributed by atoms with Crippen LogP contribution in [0.4, 0.5) is 17.2 Å². The van der Waals surface area contributed by atoms with E-state index in [-0.39, 0.29) is 5.56 Å². The molecule has 0 spiro atoms. The molecule has 0 amide bonds. The van der Waals surface area contributed by atoms with E-state index in [4.69, 9.17) is 0 Å². The van der Waals surface area contributed by atoms with E-state index in [1.165, 1.54) is 0 Å². The highest BCUT2D eigenvalue weighted by Crippen LogP contribution is 2.38. The highest BCUT2D eigenvalue weighted by molar-refractivity contribution is 5.95. The van der Waals surface area contributed by atoms with E-state index in [0.717, 1.165) is 33.7 Å². The first-order valence-corrected chi connectivity index (χ1v) is 8.54. The molecule has 0 atom stereocenters. The zero-order valence-corrected chi connectivity index (χ0v) is 14.7. The van der Waals surface area contributed by atoms with Crippen LogP contribution in [0.5, 0.6) is 0 Å². The summed E-state index contributed by atoms with van der Waals surface area (Å²) in [6.45, 7) is 2.04. The average Bonchev–Trinajstić information content (AvgIpc) is 2.70. The number of hydrogen-bond donors (Lipinski definition) is 1. The Morgan fingerprint density at radius 2 is 1.59 bits per heavy atom. The Morgan fingerprint density at radius 3 is 2.33 bits per heavy atom. The largest absolute Gasteiger partial charge is 0.478 e. The Balaban J connectivity index is 1.96. The third-order valence-corrected chi connectivity index (χ3v) is 4.46. The van der Waals surface area contributed by atoms with Gasteiger partial charge in [0, 0.05) is 11.1 Å². The second-order valence-corrected chi connectivity index (χ2v) is 6.19. The Bertz CT molecular complexity index is 1120. The van der Waals surface area contributed by atoms with Gasteiger partial charge >= 0.3 is 5.97 Å². The average molecular weight is 355 g/mol. The van der Waals surface area contributed by atoms with Gasteiger partial charge in [0.2, 0.25) is 0 Å². The van der Waals surface area contributed by atoms with Crippen molar-refractivity contribution in [1.82, 2.24) is 9.97 Å². The number of para-hydroxylation sites is 2. The van der Waals surface area contributed by atoms with Gasteiger partial charge < -0.3 is 5.11 Å². The van der Waals surface area contributed by atoms with Gasteiger partial charge in [0.15, 0.2) is 0 Å². The number of hydrogen-bond acceptors (Lipinski definition) is 4. The molecule has 1 aromatic heterocycles. The minimum atomic E-state index is -0.948. The highest BCUT2D eigenvalue weighted by Gasteiger charge is 2.18. The summed E-state index contributed by atoms with van der Waals surface area (Å²) >= 11 is 0. The Hall–Kier alpha value is -3.73. The van der Waals surface area contributed by atoms with Crippen molar-refractivity contribution in [2.24, 2.45) is 0 Å². The van der Waals surface area contributed by atoms with Gasteiger partial charge in [-0.2, -0.15) is 0 Å². The van der Waals surface area contributed by atoms with Crippen LogP contribution in [0, 0.1) is 6.92 Å². The van der Waals surface area contributed by atoms with Crippen LogP contribution in [0.1, 0.15) is 15.9 Å². The molecule has 1 N–H and O–H groups in total. The predicted molar refractivity (Wildman–Crippen MR) is 106 cm³/mol. The molecular weight excluding hydrogens is 338 g/mol. The number of carbonyl (C=O) groups is 1. The number of benzene rings is 3. The molecule has 5 heteroatoms. The molecule has 0 bridgehead atoms. The first-order chi connectivity index (χ1) is 13.1. The summed E-state index contributed by atoms with van der Waals surface area (Å²) in [5.74, 6) is -0.200. The normalized spacial score (nSPS) is 10.7. The molecule has 0 fully saturated rings. The molecule has 4 aromatic rings. The number of carboxylic acids is 1. The Labute approximate surface area is 156 Å². The maximum Gasteiger partial charge on any atom is 0.335 e. The second-order valence-electron chi connectivity index (χ2n) is 6.19. The van der Waals surface area contributed by atoms with Gasteiger partial charge in [-0.15, -0.1) is 0 Å². The fourth-order valence-electron chi connectivity index (χ4n) is 3.11. The molecule has 0 saturated carbocycles. The summed E-state index contributed by atoms with van der Waals surface area (Å²) in [5, 5.41) is 10.1. The van der Waals surface area contributed by atoms with Gasteiger partial charge in [-0.05, 0) is 55.0 Å². The van der Waals surface area contributed by atoms with E-state index < -0.39 is 5.97 Å². The first-order valence-electron chi connectivity index (χ1n) is 8.54. The third kappa shape index (κ3) is 3.11. The fraction of sp³-hybridized carbons (Fsp3) is 0.0455. The quantitative estimate of drug-likeness (QED) is 0.551. The van der Waals surface area contributed by atoms with Crippen molar-refractivity contribution in [1.29, 1.82) is 0 Å². The van der Waals surface area contributed by atoms with Gasteiger partial charge in [-0.3, -0.25) is 4.90 Å². The number of aromatic nitrogens is 2. The monoisotopic (exact) mass is 355 g/mol. The van der Waals surface area contributed by atoms with Crippen LogP contribution in [0.3, 0.4) is 0 Å². The number of aromatic carboxylic acids is 1. The summed E-state index contributed by atoms with van der Waals surface area (Å²) in [7, 11) is 0. The standard InChI is InChI=1S/C22H17N3O2/c1-15-6-2-5-9-20(15)25(17-12-10-16(11-13-17)22(26)27)21-18-7-3-4-8-19(18)23-14-24-21/h2-14H,1H3,(H,26,27). The molecule has 0 aliphatic carbocycles. The number of fused-ring (bicyclic) bond motifs is 1. The number of carboxylic acid groups (broad SMARTS) is 1. The fourth-order valence-corrected chi connectivity index (χ4v) is 3.11. The minimum Gasteiger partial charge on any atom is -0.478 e. The van der Waals surface area contributed by atoms with Crippen molar-refractivity contribution in [3.63, 3.8) is 0 Å². The molecule has 0 radical (unpaired) electrons. The molecule has 0 aliphatic heterocycles. The van der Waals surface area contributed by atoms with Crippen molar-refractivity contribution >= 4 is 34.1 Å². The lowest BCUT2D eigenvalue weighted by atomic mass is 10.1. The molecule has 3 aromatic carbocycles. The van der Waals surface area contributed by atoms with E-state index in [9.17, 15) is 9.90 Å². The smallest absolute Gasteiger partial charge is 0.335 e. The number of nitrogens with zero attached hydrogens (tertiary/aromatic N) is 3. The van der Waals surface area contributed by atoms with Crippen LogP contribution in [-0.4, -0.2) is 21.0 Å². The Kier molecular flexibility index (Phi) is 4.26. The maximum atomic E-state index is 11.2. The molecule has 5 nitrogen and oxygen atoms in total. The van der Waals surface area contributed by atoms with Crippen LogP contribution in [0.2, 0.25) is 0 Å². The third-order valence-electron chi connectivity index (χ3n) is 4.46. The summed E-state index contributed by atoms with van der Waals surface area (Å²) in [6.07, 6.45) is 1.55. The van der Waals surface area contributed by atoms with Gasteiger partial charge in [0.1, 0.15) is 12.1 Å². The number of anilines is 3. The highest BCUT2D eigenvalue weighted by atomic mass is 16.4. The van der Waals surface area contributed by atoms with E-state index in [1.807, 2.05) is 60.4 Å². The van der Waals surface area contributed by atoms with Crippen LogP contribution in [0.15, 0.2) is 79.1 Å². The zero-order valence-electron chi connectivity index (χ0n) is 14.7. The molecule has 132 valence electrons. The zero-order chi connectivity index (χ0) is 18.8. The molecule has 0 aliphatic rings. The van der Waals surface area contributed by atoms with Crippen molar-refractivity contribution in [2.45, 2.75) is 6.92 Å². The molecule has 0 unspecified atom stereocenters. The van der Waals surface area contributed by atoms with Crippen molar-refractivity contribution in [3.8, 4) is 0 Å². The summed E-state index contributed by atoms with van der Waals surface area (Å²) < 4.78 is 0. The van der Waals surface area contributed by atoms with Gasteiger partial charge in [-0.25, -0.2) is 14.8 Å². The van der Waals surface area contributed by atoms with Crippen molar-refractivity contribution < 1.29 is 9.90 Å². The van der Waals surface area contributed by atoms with Crippen molar-refractivity contribution in [2.75, 3.05) is 4.90 Å². The van der Waals surface area contributed by atoms with E-state index in [1.54, 1.807) is 30.6 Å². The summed E-state index contributed by atoms with van der Waals surface area (Å²) in [6, 6.07) is 22.7. The molecule has 1 heterocycles. The molecule has 27 heavy (non-hydrogen) atoms. The minimum absolute atomic E-state index is 0.246. The summed E-state index contributed by atoms with van der Waals surface area (Å²) in [4.78, 5) is 22.2. The van der Waals surface area contributed by atoms with Crippen LogP contribution in [-0.2, 0) is 0 Å².